The van der Waals surface area contributed by atoms with Crippen LogP contribution in [-0.4, -0.2) is 78.5 Å². The van der Waals surface area contributed by atoms with E-state index in [1.54, 1.807) is 7.11 Å². The Labute approximate surface area is 205 Å². The van der Waals surface area contributed by atoms with E-state index in [2.05, 4.69) is 38.5 Å². The van der Waals surface area contributed by atoms with Gasteiger partial charge >= 0.3 is 0 Å². The van der Waals surface area contributed by atoms with Gasteiger partial charge in [-0.15, -0.1) is 0 Å². The summed E-state index contributed by atoms with van der Waals surface area (Å²) in [5.41, 5.74) is 2.31. The van der Waals surface area contributed by atoms with Gasteiger partial charge in [0.05, 0.1) is 13.7 Å². The topological polar surface area (TPSA) is 61.8 Å². The first-order valence-corrected chi connectivity index (χ1v) is 12.3. The second-order valence-electron chi connectivity index (χ2n) is 8.37. The van der Waals surface area contributed by atoms with Crippen LogP contribution in [0.3, 0.4) is 0 Å². The van der Waals surface area contributed by atoms with Gasteiger partial charge in [-0.05, 0) is 23.3 Å². The molecule has 3 aromatic rings. The molecule has 34 heavy (non-hydrogen) atoms. The van der Waals surface area contributed by atoms with Gasteiger partial charge in [-0.3, -0.25) is 9.69 Å². The Balaban J connectivity index is 1.22. The van der Waals surface area contributed by atoms with Crippen molar-refractivity contribution >= 4 is 28.6 Å². The third-order valence-corrected chi connectivity index (χ3v) is 6.72. The van der Waals surface area contributed by atoms with Crippen molar-refractivity contribution in [2.75, 3.05) is 58.3 Å². The standard InChI is InChI=1S/C26H31N5O2S/c1-29(26-27-24(28-34-26)19-22-10-6-12-23(18-22)33-2)20-25(32)31-16-14-30(15-17-31)13-7-11-21-8-4-3-5-9-21/h3-12,18H,13-17,19-20H2,1-2H3. The van der Waals surface area contributed by atoms with Crippen LogP contribution in [0.1, 0.15) is 17.0 Å². The molecule has 2 aromatic carbocycles. The smallest absolute Gasteiger partial charge is 0.242 e. The molecule has 8 heteroatoms. The van der Waals surface area contributed by atoms with Gasteiger partial charge in [-0.1, -0.05) is 54.6 Å². The van der Waals surface area contributed by atoms with Crippen molar-refractivity contribution in [2.45, 2.75) is 6.42 Å². The lowest BCUT2D eigenvalue weighted by atomic mass is 10.1. The van der Waals surface area contributed by atoms with E-state index in [1.165, 1.54) is 17.1 Å². The van der Waals surface area contributed by atoms with Crippen molar-refractivity contribution in [1.82, 2.24) is 19.2 Å². The largest absolute Gasteiger partial charge is 0.497 e. The van der Waals surface area contributed by atoms with Gasteiger partial charge in [0.25, 0.3) is 0 Å². The van der Waals surface area contributed by atoms with Crippen LogP contribution in [0, 0.1) is 0 Å². The third kappa shape index (κ3) is 6.65. The van der Waals surface area contributed by atoms with Crippen molar-refractivity contribution in [3.8, 4) is 5.75 Å². The number of likely N-dealkylation sites (N-methyl/N-ethyl adjacent to an activating group) is 1. The first-order valence-electron chi connectivity index (χ1n) is 11.5. The van der Waals surface area contributed by atoms with Crippen molar-refractivity contribution in [1.29, 1.82) is 0 Å². The highest BCUT2D eigenvalue weighted by Crippen LogP contribution is 2.20. The summed E-state index contributed by atoms with van der Waals surface area (Å²) in [5.74, 6) is 1.71. The Morgan fingerprint density at radius 3 is 2.68 bits per heavy atom. The molecule has 0 aliphatic carbocycles. The molecule has 7 nitrogen and oxygen atoms in total. The molecule has 2 heterocycles. The fraction of sp³-hybridized carbons (Fsp3) is 0.346. The quantitative estimate of drug-likeness (QED) is 0.471. The fourth-order valence-electron chi connectivity index (χ4n) is 3.89. The van der Waals surface area contributed by atoms with E-state index in [9.17, 15) is 4.79 Å². The number of ether oxygens (including phenoxy) is 1. The molecule has 1 aromatic heterocycles. The number of hydrogen-bond donors (Lipinski definition) is 0. The summed E-state index contributed by atoms with van der Waals surface area (Å²) in [6.45, 7) is 4.49. The predicted octanol–water partition coefficient (Wildman–Crippen LogP) is 3.43. The summed E-state index contributed by atoms with van der Waals surface area (Å²) >= 11 is 1.33. The minimum Gasteiger partial charge on any atom is -0.497 e. The maximum atomic E-state index is 12.9. The van der Waals surface area contributed by atoms with E-state index >= 15 is 0 Å². The lowest BCUT2D eigenvalue weighted by Gasteiger charge is -2.34. The molecule has 0 bridgehead atoms. The van der Waals surface area contributed by atoms with Crippen LogP contribution in [0.4, 0.5) is 5.13 Å². The van der Waals surface area contributed by atoms with Crippen molar-refractivity contribution in [3.05, 3.63) is 77.6 Å². The van der Waals surface area contributed by atoms with Crippen LogP contribution in [-0.2, 0) is 11.2 Å². The Kier molecular flexibility index (Phi) is 8.27. The number of aromatic nitrogens is 2. The van der Waals surface area contributed by atoms with E-state index in [0.717, 1.165) is 55.0 Å². The Hall–Kier alpha value is -3.23. The maximum absolute atomic E-state index is 12.9. The molecule has 1 aliphatic rings. The highest BCUT2D eigenvalue weighted by Gasteiger charge is 2.22. The fourth-order valence-corrected chi connectivity index (χ4v) is 4.53. The summed E-state index contributed by atoms with van der Waals surface area (Å²) in [4.78, 5) is 23.7. The third-order valence-electron chi connectivity index (χ3n) is 5.85. The summed E-state index contributed by atoms with van der Waals surface area (Å²) < 4.78 is 9.76. The van der Waals surface area contributed by atoms with Crippen LogP contribution < -0.4 is 9.64 Å². The van der Waals surface area contributed by atoms with E-state index in [0.29, 0.717) is 13.0 Å². The van der Waals surface area contributed by atoms with Crippen LogP contribution >= 0.6 is 11.5 Å². The summed E-state index contributed by atoms with van der Waals surface area (Å²) in [5, 5.41) is 0.760. The second kappa shape index (κ2) is 11.8. The van der Waals surface area contributed by atoms with E-state index in [1.807, 2.05) is 59.3 Å². The van der Waals surface area contributed by atoms with E-state index in [4.69, 9.17) is 4.74 Å². The zero-order valence-electron chi connectivity index (χ0n) is 19.8. The number of benzene rings is 2. The average molecular weight is 478 g/mol. The van der Waals surface area contributed by atoms with E-state index in [-0.39, 0.29) is 5.91 Å². The first-order chi connectivity index (χ1) is 16.6. The highest BCUT2D eigenvalue weighted by atomic mass is 32.1. The van der Waals surface area contributed by atoms with Crippen LogP contribution in [0.2, 0.25) is 0 Å². The normalized spacial score (nSPS) is 14.5. The molecule has 0 N–H and O–H groups in total. The Morgan fingerprint density at radius 2 is 1.91 bits per heavy atom. The number of carbonyl (C=O) groups excluding carboxylic acids is 1. The van der Waals surface area contributed by atoms with Gasteiger partial charge in [0.2, 0.25) is 11.0 Å². The Morgan fingerprint density at radius 1 is 1.12 bits per heavy atom. The van der Waals surface area contributed by atoms with E-state index < -0.39 is 0 Å². The number of carbonyl (C=O) groups is 1. The van der Waals surface area contributed by atoms with Gasteiger partial charge in [0, 0.05) is 57.7 Å². The summed E-state index contributed by atoms with van der Waals surface area (Å²) in [6.07, 6.45) is 4.98. The number of nitrogens with zero attached hydrogens (tertiary/aromatic N) is 5. The zero-order chi connectivity index (χ0) is 23.8. The molecule has 0 radical (unpaired) electrons. The lowest BCUT2D eigenvalue weighted by molar-refractivity contribution is -0.131. The number of amides is 1. The highest BCUT2D eigenvalue weighted by molar-refractivity contribution is 7.09. The summed E-state index contributed by atoms with van der Waals surface area (Å²) in [7, 11) is 3.56. The molecule has 0 saturated carbocycles. The SMILES string of the molecule is COc1cccc(Cc2nsc(N(C)CC(=O)N3CCN(CC=Cc4ccccc4)CC3)n2)c1. The second-order valence-corrected chi connectivity index (χ2v) is 9.10. The van der Waals surface area contributed by atoms with Gasteiger partial charge < -0.3 is 14.5 Å². The first kappa shape index (κ1) is 23.9. The molecule has 178 valence electrons. The maximum Gasteiger partial charge on any atom is 0.242 e. The number of rotatable bonds is 9. The van der Waals surface area contributed by atoms with Gasteiger partial charge in [0.15, 0.2) is 0 Å². The van der Waals surface area contributed by atoms with Crippen molar-refractivity contribution < 1.29 is 9.53 Å². The molecule has 1 amide bonds. The van der Waals surface area contributed by atoms with Crippen LogP contribution in [0.5, 0.6) is 5.75 Å². The molecule has 1 aliphatic heterocycles. The monoisotopic (exact) mass is 477 g/mol. The molecule has 0 atom stereocenters. The molecule has 4 rings (SSSR count). The minimum atomic E-state index is 0.131. The molecule has 1 saturated heterocycles. The molecule has 0 unspecified atom stereocenters. The van der Waals surface area contributed by atoms with Crippen molar-refractivity contribution in [3.63, 3.8) is 0 Å². The summed E-state index contributed by atoms with van der Waals surface area (Å²) in [6, 6.07) is 18.2. The van der Waals surface area contributed by atoms with Gasteiger partial charge in [0.1, 0.15) is 11.6 Å². The van der Waals surface area contributed by atoms with Crippen LogP contribution in [0.25, 0.3) is 6.08 Å². The molecular formula is C26H31N5O2S. The van der Waals surface area contributed by atoms with Crippen LogP contribution in [0.15, 0.2) is 60.7 Å². The molecule has 0 spiro atoms. The lowest BCUT2D eigenvalue weighted by Crippen LogP contribution is -2.50. The average Bonchev–Trinajstić information content (AvgIpc) is 3.34. The predicted molar refractivity (Wildman–Crippen MR) is 137 cm³/mol. The van der Waals surface area contributed by atoms with Gasteiger partial charge in [-0.25, -0.2) is 4.98 Å². The minimum absolute atomic E-state index is 0.131. The number of anilines is 1. The van der Waals surface area contributed by atoms with Crippen molar-refractivity contribution in [2.24, 2.45) is 0 Å². The zero-order valence-corrected chi connectivity index (χ0v) is 20.6. The molecular weight excluding hydrogens is 446 g/mol. The number of piperazine rings is 1. The Bertz CT molecular complexity index is 1090. The number of methoxy groups -OCH3 is 1. The van der Waals surface area contributed by atoms with Gasteiger partial charge in [-0.2, -0.15) is 4.37 Å². The molecule has 1 fully saturated rings. The number of hydrogen-bond acceptors (Lipinski definition) is 7.